The van der Waals surface area contributed by atoms with Crippen LogP contribution in [-0.2, 0) is 0 Å². The van der Waals surface area contributed by atoms with Crippen molar-refractivity contribution in [2.45, 2.75) is 29.4 Å². The van der Waals surface area contributed by atoms with Gasteiger partial charge in [0.2, 0.25) is 0 Å². The van der Waals surface area contributed by atoms with Crippen molar-refractivity contribution in [1.82, 2.24) is 0 Å². The first-order valence-electron chi connectivity index (χ1n) is 3.57. The SMILES string of the molecule is OC[C@@H](O)[C@@H](O)[C@H](O)[C@H](O)C(O)Br. The smallest absolute Gasteiger partial charge is 0.137 e. The van der Waals surface area contributed by atoms with Crippen molar-refractivity contribution in [3.63, 3.8) is 0 Å². The van der Waals surface area contributed by atoms with E-state index in [0.717, 1.165) is 0 Å². The summed E-state index contributed by atoms with van der Waals surface area (Å²) < 4.78 is 0. The molecular formula is C6H13BrO6. The van der Waals surface area contributed by atoms with Gasteiger partial charge in [-0.05, 0) is 0 Å². The summed E-state index contributed by atoms with van der Waals surface area (Å²) in [7, 11) is 0. The van der Waals surface area contributed by atoms with Crippen LogP contribution in [0.4, 0.5) is 0 Å². The Morgan fingerprint density at radius 3 is 1.62 bits per heavy atom. The van der Waals surface area contributed by atoms with Crippen LogP contribution in [0.1, 0.15) is 0 Å². The molecule has 0 amide bonds. The summed E-state index contributed by atoms with van der Waals surface area (Å²) in [6, 6.07) is 0. The molecule has 0 rings (SSSR count). The lowest BCUT2D eigenvalue weighted by Gasteiger charge is -2.26. The molecule has 6 nitrogen and oxygen atoms in total. The van der Waals surface area contributed by atoms with Crippen molar-refractivity contribution < 1.29 is 30.6 Å². The zero-order valence-electron chi connectivity index (χ0n) is 6.66. The van der Waals surface area contributed by atoms with E-state index in [1.165, 1.54) is 0 Å². The normalized spacial score (nSPS) is 23.3. The number of alkyl halides is 1. The Bertz CT molecular complexity index is 143. The molecule has 6 N–H and O–H groups in total. The van der Waals surface area contributed by atoms with Gasteiger partial charge < -0.3 is 30.6 Å². The lowest BCUT2D eigenvalue weighted by atomic mass is 10.0. The summed E-state index contributed by atoms with van der Waals surface area (Å²) >= 11 is 2.57. The molecule has 0 saturated heterocycles. The van der Waals surface area contributed by atoms with Crippen molar-refractivity contribution in [2.75, 3.05) is 6.61 Å². The molecule has 80 valence electrons. The van der Waals surface area contributed by atoms with Crippen molar-refractivity contribution in [2.24, 2.45) is 0 Å². The second-order valence-corrected chi connectivity index (χ2v) is 3.53. The van der Waals surface area contributed by atoms with E-state index in [9.17, 15) is 0 Å². The second kappa shape index (κ2) is 5.86. The topological polar surface area (TPSA) is 121 Å². The Kier molecular flexibility index (Phi) is 5.97. The van der Waals surface area contributed by atoms with E-state index < -0.39 is 36.0 Å². The molecule has 1 unspecified atom stereocenters. The van der Waals surface area contributed by atoms with E-state index in [1.807, 2.05) is 0 Å². The number of halogens is 1. The number of aliphatic hydroxyl groups excluding tert-OH is 6. The van der Waals surface area contributed by atoms with Gasteiger partial charge in [-0.2, -0.15) is 0 Å². The van der Waals surface area contributed by atoms with Crippen LogP contribution in [-0.4, -0.2) is 66.7 Å². The predicted molar refractivity (Wildman–Crippen MR) is 46.0 cm³/mol. The summed E-state index contributed by atoms with van der Waals surface area (Å²) in [6.45, 7) is -0.747. The van der Waals surface area contributed by atoms with Crippen LogP contribution < -0.4 is 0 Å². The molecule has 0 aliphatic rings. The Balaban J connectivity index is 4.15. The van der Waals surface area contributed by atoms with Crippen LogP contribution in [0, 0.1) is 0 Å². The zero-order chi connectivity index (χ0) is 10.6. The molecule has 0 fully saturated rings. The number of hydrogen-bond acceptors (Lipinski definition) is 6. The molecule has 0 heterocycles. The van der Waals surface area contributed by atoms with Gasteiger partial charge in [-0.15, -0.1) is 0 Å². The summed E-state index contributed by atoms with van der Waals surface area (Å²) in [4.78, 5) is 0. The highest BCUT2D eigenvalue weighted by molar-refractivity contribution is 9.09. The monoisotopic (exact) mass is 260 g/mol. The van der Waals surface area contributed by atoms with E-state index in [1.54, 1.807) is 0 Å². The van der Waals surface area contributed by atoms with E-state index in [4.69, 9.17) is 30.6 Å². The second-order valence-electron chi connectivity index (χ2n) is 2.59. The van der Waals surface area contributed by atoms with Gasteiger partial charge in [0.15, 0.2) is 0 Å². The van der Waals surface area contributed by atoms with Crippen molar-refractivity contribution in [3.8, 4) is 0 Å². The van der Waals surface area contributed by atoms with E-state index in [-0.39, 0.29) is 0 Å². The predicted octanol–water partition coefficient (Wildman–Crippen LogP) is -2.86. The fourth-order valence-corrected chi connectivity index (χ4v) is 1.01. The standard InChI is InChI=1S/C6H13BrO6/c7-6(13)5(12)4(11)3(10)2(9)1-8/h2-6,8-13H,1H2/t2-,3-,4+,5+,6?/m1/s1. The molecule has 0 aromatic rings. The maximum Gasteiger partial charge on any atom is 0.137 e. The summed E-state index contributed by atoms with van der Waals surface area (Å²) in [5.74, 6) is 0. The zero-order valence-corrected chi connectivity index (χ0v) is 8.24. The van der Waals surface area contributed by atoms with Crippen LogP contribution in [0.2, 0.25) is 0 Å². The highest BCUT2D eigenvalue weighted by atomic mass is 79.9. The van der Waals surface area contributed by atoms with Crippen LogP contribution >= 0.6 is 15.9 Å². The molecule has 0 aromatic heterocycles. The third-order valence-electron chi connectivity index (χ3n) is 1.56. The molecule has 0 aromatic carbocycles. The van der Waals surface area contributed by atoms with Crippen LogP contribution in [0.15, 0.2) is 0 Å². The Morgan fingerprint density at radius 2 is 1.31 bits per heavy atom. The summed E-state index contributed by atoms with van der Waals surface area (Å²) in [6.07, 6.45) is -6.66. The summed E-state index contributed by atoms with van der Waals surface area (Å²) in [5.41, 5.74) is 0. The number of rotatable bonds is 5. The fourth-order valence-electron chi connectivity index (χ4n) is 0.700. The molecule has 0 aliphatic heterocycles. The molecule has 5 atom stereocenters. The lowest BCUT2D eigenvalue weighted by Crippen LogP contribution is -2.48. The maximum atomic E-state index is 9.10. The quantitative estimate of drug-likeness (QED) is 0.296. The van der Waals surface area contributed by atoms with Crippen molar-refractivity contribution in [3.05, 3.63) is 0 Å². The minimum atomic E-state index is -1.74. The average Bonchev–Trinajstić information content (AvgIpc) is 2.12. The maximum absolute atomic E-state index is 9.10. The third-order valence-corrected chi connectivity index (χ3v) is 2.10. The molecule has 13 heavy (non-hydrogen) atoms. The van der Waals surface area contributed by atoms with Gasteiger partial charge in [0, 0.05) is 0 Å². The molecule has 7 heteroatoms. The van der Waals surface area contributed by atoms with Crippen LogP contribution in [0.5, 0.6) is 0 Å². The summed E-state index contributed by atoms with van der Waals surface area (Å²) in [5, 5.41) is 51.7. The first-order valence-corrected chi connectivity index (χ1v) is 4.48. The van der Waals surface area contributed by atoms with Gasteiger partial charge in [-0.1, -0.05) is 15.9 Å². The van der Waals surface area contributed by atoms with Crippen LogP contribution in [0.25, 0.3) is 0 Å². The van der Waals surface area contributed by atoms with E-state index >= 15 is 0 Å². The first-order chi connectivity index (χ1) is 5.91. The molecule has 0 saturated carbocycles. The van der Waals surface area contributed by atoms with Gasteiger partial charge in [0.05, 0.1) is 6.61 Å². The highest BCUT2D eigenvalue weighted by Gasteiger charge is 2.32. The van der Waals surface area contributed by atoms with Gasteiger partial charge in [-0.3, -0.25) is 0 Å². The Hall–Kier alpha value is 0.240. The van der Waals surface area contributed by atoms with Gasteiger partial charge in [0.25, 0.3) is 0 Å². The highest BCUT2D eigenvalue weighted by Crippen LogP contribution is 2.11. The van der Waals surface area contributed by atoms with Crippen LogP contribution in [0.3, 0.4) is 0 Å². The third kappa shape index (κ3) is 3.86. The average molecular weight is 261 g/mol. The molecule has 0 spiro atoms. The Labute approximate surface area is 83.2 Å². The number of aliphatic hydroxyl groups is 6. The minimum Gasteiger partial charge on any atom is -0.394 e. The van der Waals surface area contributed by atoms with Gasteiger partial charge in [0.1, 0.15) is 29.4 Å². The number of hydrogen-bond donors (Lipinski definition) is 6. The van der Waals surface area contributed by atoms with Gasteiger partial charge in [-0.25, -0.2) is 0 Å². The van der Waals surface area contributed by atoms with E-state index in [2.05, 4.69) is 15.9 Å². The molecule has 0 radical (unpaired) electrons. The first kappa shape index (κ1) is 13.2. The molecular weight excluding hydrogens is 248 g/mol. The fraction of sp³-hybridized carbons (Fsp3) is 1.00. The van der Waals surface area contributed by atoms with Crippen molar-refractivity contribution >= 4 is 15.9 Å². The molecule has 0 aliphatic carbocycles. The largest absolute Gasteiger partial charge is 0.394 e. The molecule has 0 bridgehead atoms. The van der Waals surface area contributed by atoms with E-state index in [0.29, 0.717) is 0 Å². The van der Waals surface area contributed by atoms with Gasteiger partial charge >= 0.3 is 0 Å². The minimum absolute atomic E-state index is 0.747. The Morgan fingerprint density at radius 1 is 0.846 bits per heavy atom. The van der Waals surface area contributed by atoms with Crippen molar-refractivity contribution in [1.29, 1.82) is 0 Å². The lowest BCUT2D eigenvalue weighted by molar-refractivity contribution is -0.127.